The molecule has 0 spiro atoms. The van der Waals surface area contributed by atoms with Gasteiger partial charge in [-0.3, -0.25) is 0 Å². The van der Waals surface area contributed by atoms with Crippen molar-refractivity contribution in [1.29, 1.82) is 0 Å². The maximum Gasteiger partial charge on any atom is 0.161 e. The summed E-state index contributed by atoms with van der Waals surface area (Å²) in [5.74, 6) is 2.23. The zero-order valence-electron chi connectivity index (χ0n) is 12.2. The molecule has 0 aromatic heterocycles. The van der Waals surface area contributed by atoms with Crippen LogP contribution in [-0.4, -0.2) is 28.4 Å². The van der Waals surface area contributed by atoms with Crippen LogP contribution in [0.25, 0.3) is 11.1 Å². The second kappa shape index (κ2) is 6.19. The van der Waals surface area contributed by atoms with Crippen molar-refractivity contribution in [1.82, 2.24) is 0 Å². The van der Waals surface area contributed by atoms with Gasteiger partial charge in [-0.2, -0.15) is 0 Å². The molecule has 4 heteroatoms. The number of ether oxygens (including phenoxy) is 3. The van der Waals surface area contributed by atoms with E-state index in [2.05, 4.69) is 5.32 Å². The zero-order chi connectivity index (χ0) is 14.5. The van der Waals surface area contributed by atoms with Crippen LogP contribution in [0.2, 0.25) is 0 Å². The average molecular weight is 273 g/mol. The van der Waals surface area contributed by atoms with Gasteiger partial charge < -0.3 is 19.5 Å². The van der Waals surface area contributed by atoms with Gasteiger partial charge in [0, 0.05) is 18.3 Å². The van der Waals surface area contributed by atoms with Gasteiger partial charge in [0.15, 0.2) is 11.5 Å². The fraction of sp³-hybridized carbons (Fsp3) is 0.250. The van der Waals surface area contributed by atoms with Crippen molar-refractivity contribution in [2.24, 2.45) is 0 Å². The Hall–Kier alpha value is -2.36. The summed E-state index contributed by atoms with van der Waals surface area (Å²) in [5, 5.41) is 3.18. The molecule has 0 amide bonds. The van der Waals surface area contributed by atoms with Crippen LogP contribution in [0.15, 0.2) is 36.4 Å². The molecule has 2 aromatic rings. The SMILES string of the molecule is CNc1ccc(OC)cc1-c1ccc(OC)c(OC)c1. The molecule has 0 saturated heterocycles. The molecule has 0 fully saturated rings. The van der Waals surface area contributed by atoms with Crippen molar-refractivity contribution in [2.45, 2.75) is 0 Å². The molecule has 106 valence electrons. The molecule has 1 N–H and O–H groups in total. The highest BCUT2D eigenvalue weighted by molar-refractivity contribution is 5.80. The summed E-state index contributed by atoms with van der Waals surface area (Å²) in [7, 11) is 6.81. The number of hydrogen-bond acceptors (Lipinski definition) is 4. The van der Waals surface area contributed by atoms with E-state index in [1.807, 2.05) is 43.4 Å². The quantitative estimate of drug-likeness (QED) is 0.906. The van der Waals surface area contributed by atoms with Crippen LogP contribution >= 0.6 is 0 Å². The minimum absolute atomic E-state index is 0.704. The monoisotopic (exact) mass is 273 g/mol. The molecule has 4 nitrogen and oxygen atoms in total. The standard InChI is InChI=1S/C16H19NO3/c1-17-14-7-6-12(18-2)10-13(14)11-5-8-15(19-3)16(9-11)20-4/h5-10,17H,1-4H3. The average Bonchev–Trinajstić information content (AvgIpc) is 2.53. The molecule has 0 saturated carbocycles. The number of hydrogen-bond donors (Lipinski definition) is 1. The topological polar surface area (TPSA) is 39.7 Å². The van der Waals surface area contributed by atoms with E-state index in [1.54, 1.807) is 21.3 Å². The third-order valence-electron chi connectivity index (χ3n) is 3.19. The number of benzene rings is 2. The van der Waals surface area contributed by atoms with Crippen molar-refractivity contribution in [3.05, 3.63) is 36.4 Å². The Kier molecular flexibility index (Phi) is 4.35. The molecule has 0 unspecified atom stereocenters. The lowest BCUT2D eigenvalue weighted by atomic mass is 10.0. The third kappa shape index (κ3) is 2.64. The van der Waals surface area contributed by atoms with E-state index >= 15 is 0 Å². The molecule has 0 radical (unpaired) electrons. The van der Waals surface area contributed by atoms with Crippen LogP contribution in [0.1, 0.15) is 0 Å². The molecule has 0 bridgehead atoms. The van der Waals surface area contributed by atoms with Gasteiger partial charge in [0.05, 0.1) is 21.3 Å². The first-order chi connectivity index (χ1) is 9.73. The Balaban J connectivity index is 2.55. The lowest BCUT2D eigenvalue weighted by Gasteiger charge is -2.14. The van der Waals surface area contributed by atoms with Crippen molar-refractivity contribution in [3.8, 4) is 28.4 Å². The van der Waals surface area contributed by atoms with Gasteiger partial charge in [-0.05, 0) is 35.9 Å². The lowest BCUT2D eigenvalue weighted by molar-refractivity contribution is 0.355. The van der Waals surface area contributed by atoms with Crippen LogP contribution < -0.4 is 19.5 Å². The molecule has 0 aliphatic carbocycles. The Labute approximate surface area is 119 Å². The van der Waals surface area contributed by atoms with Crippen LogP contribution in [0.3, 0.4) is 0 Å². The highest BCUT2D eigenvalue weighted by Crippen LogP contribution is 2.36. The molecule has 2 rings (SSSR count). The molecule has 0 heterocycles. The Bertz CT molecular complexity index is 596. The van der Waals surface area contributed by atoms with Crippen molar-refractivity contribution in [3.63, 3.8) is 0 Å². The normalized spacial score (nSPS) is 10.0. The summed E-state index contributed by atoms with van der Waals surface area (Å²) in [6.07, 6.45) is 0. The zero-order valence-corrected chi connectivity index (χ0v) is 12.2. The second-order valence-corrected chi connectivity index (χ2v) is 4.23. The number of nitrogens with one attached hydrogen (secondary N) is 1. The van der Waals surface area contributed by atoms with E-state index in [4.69, 9.17) is 14.2 Å². The van der Waals surface area contributed by atoms with Crippen LogP contribution in [0.4, 0.5) is 5.69 Å². The molecule has 0 aliphatic rings. The van der Waals surface area contributed by atoms with Crippen molar-refractivity contribution >= 4 is 5.69 Å². The maximum atomic E-state index is 5.35. The molecular formula is C16H19NO3. The molecule has 2 aromatic carbocycles. The summed E-state index contributed by atoms with van der Waals surface area (Å²) < 4.78 is 15.9. The first kappa shape index (κ1) is 14.1. The predicted octanol–water partition coefficient (Wildman–Crippen LogP) is 3.42. The minimum Gasteiger partial charge on any atom is -0.497 e. The second-order valence-electron chi connectivity index (χ2n) is 4.23. The smallest absolute Gasteiger partial charge is 0.161 e. The Morgan fingerprint density at radius 1 is 0.800 bits per heavy atom. The minimum atomic E-state index is 0.704. The summed E-state index contributed by atoms with van der Waals surface area (Å²) >= 11 is 0. The van der Waals surface area contributed by atoms with Gasteiger partial charge in [-0.25, -0.2) is 0 Å². The molecular weight excluding hydrogens is 254 g/mol. The van der Waals surface area contributed by atoms with Gasteiger partial charge >= 0.3 is 0 Å². The first-order valence-electron chi connectivity index (χ1n) is 6.31. The highest BCUT2D eigenvalue weighted by atomic mass is 16.5. The largest absolute Gasteiger partial charge is 0.497 e. The fourth-order valence-electron chi connectivity index (χ4n) is 2.11. The highest BCUT2D eigenvalue weighted by Gasteiger charge is 2.10. The lowest BCUT2D eigenvalue weighted by Crippen LogP contribution is -1.95. The predicted molar refractivity (Wildman–Crippen MR) is 81.1 cm³/mol. The van der Waals surface area contributed by atoms with E-state index in [0.717, 1.165) is 22.6 Å². The van der Waals surface area contributed by atoms with Gasteiger partial charge in [-0.15, -0.1) is 0 Å². The molecule has 0 atom stereocenters. The first-order valence-corrected chi connectivity index (χ1v) is 6.31. The van der Waals surface area contributed by atoms with Gasteiger partial charge in [0.25, 0.3) is 0 Å². The van der Waals surface area contributed by atoms with Crippen LogP contribution in [-0.2, 0) is 0 Å². The summed E-state index contributed by atoms with van der Waals surface area (Å²) in [4.78, 5) is 0. The maximum absolute atomic E-state index is 5.35. The number of methoxy groups -OCH3 is 3. The van der Waals surface area contributed by atoms with Crippen LogP contribution in [0.5, 0.6) is 17.2 Å². The van der Waals surface area contributed by atoms with E-state index < -0.39 is 0 Å². The van der Waals surface area contributed by atoms with Gasteiger partial charge in [0.2, 0.25) is 0 Å². The summed E-state index contributed by atoms with van der Waals surface area (Å²) in [6, 6.07) is 11.8. The number of anilines is 1. The number of rotatable bonds is 5. The molecule has 0 aliphatic heterocycles. The van der Waals surface area contributed by atoms with E-state index in [0.29, 0.717) is 11.5 Å². The van der Waals surface area contributed by atoms with Crippen LogP contribution in [0, 0.1) is 0 Å². The van der Waals surface area contributed by atoms with Crippen molar-refractivity contribution in [2.75, 3.05) is 33.7 Å². The fourth-order valence-corrected chi connectivity index (χ4v) is 2.11. The Morgan fingerprint density at radius 2 is 1.55 bits per heavy atom. The summed E-state index contributed by atoms with van der Waals surface area (Å²) in [6.45, 7) is 0. The summed E-state index contributed by atoms with van der Waals surface area (Å²) in [5.41, 5.74) is 3.11. The van der Waals surface area contributed by atoms with Gasteiger partial charge in [0.1, 0.15) is 5.75 Å². The van der Waals surface area contributed by atoms with Crippen molar-refractivity contribution < 1.29 is 14.2 Å². The van der Waals surface area contributed by atoms with Gasteiger partial charge in [-0.1, -0.05) is 6.07 Å². The van der Waals surface area contributed by atoms with E-state index in [1.165, 1.54) is 0 Å². The Morgan fingerprint density at radius 3 is 2.15 bits per heavy atom. The van der Waals surface area contributed by atoms with E-state index in [9.17, 15) is 0 Å². The third-order valence-corrected chi connectivity index (χ3v) is 3.19. The van der Waals surface area contributed by atoms with E-state index in [-0.39, 0.29) is 0 Å². The molecule has 20 heavy (non-hydrogen) atoms.